The number of carbonyl (C=O) groups is 2. The number of nitrogens with zero attached hydrogens (tertiary/aromatic N) is 2. The van der Waals surface area contributed by atoms with E-state index in [4.69, 9.17) is 13.6 Å². The lowest BCUT2D eigenvalue weighted by Crippen LogP contribution is -2.50. The Kier molecular flexibility index (Phi) is 6.22. The van der Waals surface area contributed by atoms with Crippen LogP contribution in [0.3, 0.4) is 0 Å². The summed E-state index contributed by atoms with van der Waals surface area (Å²) in [6.45, 7) is 1.64. The summed E-state index contributed by atoms with van der Waals surface area (Å²) in [5.74, 6) is 1.41. The van der Waals surface area contributed by atoms with Gasteiger partial charge in [-0.25, -0.2) is 0 Å². The first-order valence-electron chi connectivity index (χ1n) is 9.78. The fourth-order valence-electron chi connectivity index (χ4n) is 3.34. The lowest BCUT2D eigenvalue weighted by atomic mass is 10.2. The molecule has 1 fully saturated rings. The zero-order chi connectivity index (χ0) is 21.8. The zero-order valence-corrected chi connectivity index (χ0v) is 17.8. The van der Waals surface area contributed by atoms with Gasteiger partial charge in [-0.05, 0) is 48.5 Å². The van der Waals surface area contributed by atoms with Crippen LogP contribution in [0.4, 0.5) is 0 Å². The molecule has 3 aromatic rings. The third kappa shape index (κ3) is 4.72. The molecule has 3 heterocycles. The van der Waals surface area contributed by atoms with Crippen molar-refractivity contribution < 1.29 is 27.4 Å². The molecule has 0 bridgehead atoms. The van der Waals surface area contributed by atoms with Gasteiger partial charge in [-0.15, -0.1) is 0 Å². The van der Waals surface area contributed by atoms with Crippen molar-refractivity contribution in [2.75, 3.05) is 33.3 Å². The van der Waals surface area contributed by atoms with Crippen molar-refractivity contribution in [2.24, 2.45) is 0 Å². The second-order valence-electron chi connectivity index (χ2n) is 6.99. The van der Waals surface area contributed by atoms with Crippen molar-refractivity contribution in [1.29, 1.82) is 0 Å². The van der Waals surface area contributed by atoms with E-state index in [-0.39, 0.29) is 23.3 Å². The third-order valence-electron chi connectivity index (χ3n) is 5.05. The quantitative estimate of drug-likeness (QED) is 0.583. The number of carbonyl (C=O) groups excluding carboxylic acids is 2. The van der Waals surface area contributed by atoms with Crippen molar-refractivity contribution in [2.45, 2.75) is 10.6 Å². The predicted molar refractivity (Wildman–Crippen MR) is 112 cm³/mol. The van der Waals surface area contributed by atoms with Gasteiger partial charge in [0.1, 0.15) is 11.5 Å². The maximum absolute atomic E-state index is 12.8. The number of furan rings is 2. The fraction of sp³-hybridized carbons (Fsp3) is 0.273. The molecule has 0 aliphatic carbocycles. The molecule has 4 rings (SSSR count). The summed E-state index contributed by atoms with van der Waals surface area (Å²) < 4.78 is 28.5. The minimum Gasteiger partial charge on any atom is -0.497 e. The van der Waals surface area contributed by atoms with Crippen LogP contribution < -0.4 is 4.74 Å². The average Bonchev–Trinajstić information content (AvgIpc) is 3.51. The first kappa shape index (κ1) is 20.9. The van der Waals surface area contributed by atoms with Gasteiger partial charge in [0.25, 0.3) is 11.8 Å². The first-order valence-corrected chi connectivity index (χ1v) is 11.1. The molecular formula is C22H22N2O6S. The maximum Gasteiger partial charge on any atom is 0.289 e. The molecule has 1 saturated heterocycles. The van der Waals surface area contributed by atoms with Gasteiger partial charge in [0.05, 0.1) is 29.9 Å². The van der Waals surface area contributed by atoms with E-state index in [2.05, 4.69) is 0 Å². The van der Waals surface area contributed by atoms with Crippen molar-refractivity contribution in [1.82, 2.24) is 9.80 Å². The molecule has 162 valence electrons. The van der Waals surface area contributed by atoms with Crippen molar-refractivity contribution >= 4 is 22.6 Å². The molecular weight excluding hydrogens is 420 g/mol. The number of hydrogen-bond acceptors (Lipinski definition) is 6. The van der Waals surface area contributed by atoms with Gasteiger partial charge in [0.2, 0.25) is 0 Å². The van der Waals surface area contributed by atoms with Crippen LogP contribution in [0.5, 0.6) is 5.75 Å². The minimum atomic E-state index is -1.30. The fourth-order valence-corrected chi connectivity index (χ4v) is 4.35. The van der Waals surface area contributed by atoms with Crippen LogP contribution >= 0.6 is 0 Å². The maximum atomic E-state index is 12.8. The molecule has 2 amide bonds. The molecule has 0 saturated carbocycles. The summed E-state index contributed by atoms with van der Waals surface area (Å²) in [5.41, 5.74) is 0. The highest BCUT2D eigenvalue weighted by Gasteiger charge is 2.28. The lowest BCUT2D eigenvalue weighted by molar-refractivity contribution is 0.0501. The number of hydrogen-bond donors (Lipinski definition) is 0. The molecule has 31 heavy (non-hydrogen) atoms. The monoisotopic (exact) mass is 442 g/mol. The number of ether oxygens (including phenoxy) is 1. The minimum absolute atomic E-state index is 0.172. The molecule has 0 radical (unpaired) electrons. The summed E-state index contributed by atoms with van der Waals surface area (Å²) in [4.78, 5) is 29.1. The summed E-state index contributed by atoms with van der Waals surface area (Å²) in [5, 5.41) is 0. The number of piperazine rings is 1. The van der Waals surface area contributed by atoms with E-state index in [1.807, 2.05) is 0 Å². The Labute approximate surface area is 181 Å². The van der Waals surface area contributed by atoms with Crippen LogP contribution in [0.25, 0.3) is 0 Å². The number of methoxy groups -OCH3 is 1. The Balaban J connectivity index is 1.33. The van der Waals surface area contributed by atoms with Gasteiger partial charge in [0, 0.05) is 31.1 Å². The van der Waals surface area contributed by atoms with Crippen LogP contribution in [0.1, 0.15) is 26.9 Å². The summed E-state index contributed by atoms with van der Waals surface area (Å²) >= 11 is 0. The standard InChI is InChI=1S/C22H22N2O6S/c1-28-16-4-7-18(8-5-16)31(27)15-17-6-9-20(30-17)22(26)24-12-10-23(11-13-24)21(25)19-3-2-14-29-19/h2-9,14H,10-13,15H2,1H3/t31-/m1/s1. The first-order chi connectivity index (χ1) is 15.0. The van der Waals surface area contributed by atoms with E-state index < -0.39 is 10.8 Å². The van der Waals surface area contributed by atoms with Gasteiger partial charge in [-0.3, -0.25) is 13.8 Å². The molecule has 2 aromatic heterocycles. The van der Waals surface area contributed by atoms with E-state index >= 15 is 0 Å². The zero-order valence-electron chi connectivity index (χ0n) is 17.0. The predicted octanol–water partition coefficient (Wildman–Crippen LogP) is 2.79. The lowest BCUT2D eigenvalue weighted by Gasteiger charge is -2.33. The summed E-state index contributed by atoms with van der Waals surface area (Å²) in [6, 6.07) is 13.6. The normalized spacial score (nSPS) is 15.0. The van der Waals surface area contributed by atoms with E-state index in [0.29, 0.717) is 48.3 Å². The molecule has 1 aliphatic heterocycles. The second-order valence-corrected chi connectivity index (χ2v) is 8.44. The molecule has 8 nitrogen and oxygen atoms in total. The second kappa shape index (κ2) is 9.22. The summed E-state index contributed by atoms with van der Waals surface area (Å²) in [7, 11) is 0.272. The molecule has 1 aromatic carbocycles. The van der Waals surface area contributed by atoms with Gasteiger partial charge >= 0.3 is 0 Å². The Morgan fingerprint density at radius 2 is 1.58 bits per heavy atom. The highest BCUT2D eigenvalue weighted by molar-refractivity contribution is 7.84. The smallest absolute Gasteiger partial charge is 0.289 e. The van der Waals surface area contributed by atoms with Crippen molar-refractivity contribution in [3.05, 3.63) is 72.1 Å². The van der Waals surface area contributed by atoms with Crippen LogP contribution in [-0.4, -0.2) is 59.1 Å². The number of amides is 2. The van der Waals surface area contributed by atoms with Crippen molar-refractivity contribution in [3.63, 3.8) is 0 Å². The average molecular weight is 442 g/mol. The Hall–Kier alpha value is -3.33. The third-order valence-corrected chi connectivity index (χ3v) is 6.40. The number of rotatable bonds is 6. The van der Waals surface area contributed by atoms with Crippen LogP contribution in [-0.2, 0) is 16.6 Å². The molecule has 0 spiro atoms. The molecule has 1 aliphatic rings. The molecule has 0 N–H and O–H groups in total. The number of benzene rings is 1. The Bertz CT molecular complexity index is 1070. The molecule has 1 atom stereocenters. The summed E-state index contributed by atoms with van der Waals surface area (Å²) in [6.07, 6.45) is 1.46. The van der Waals surface area contributed by atoms with Crippen LogP contribution in [0.2, 0.25) is 0 Å². The van der Waals surface area contributed by atoms with Gasteiger partial charge < -0.3 is 23.4 Å². The van der Waals surface area contributed by atoms with Gasteiger partial charge in [0.15, 0.2) is 11.5 Å². The van der Waals surface area contributed by atoms with E-state index in [0.717, 1.165) is 0 Å². The largest absolute Gasteiger partial charge is 0.497 e. The van der Waals surface area contributed by atoms with Gasteiger partial charge in [-0.1, -0.05) is 0 Å². The topological polar surface area (TPSA) is 93.2 Å². The van der Waals surface area contributed by atoms with E-state index in [1.165, 1.54) is 6.26 Å². The SMILES string of the molecule is COc1ccc([S@](=O)Cc2ccc(C(=O)N3CCN(C(=O)c4ccco4)CC3)o2)cc1. The van der Waals surface area contributed by atoms with Crippen LogP contribution in [0.15, 0.2) is 68.5 Å². The molecule has 0 unspecified atom stereocenters. The van der Waals surface area contributed by atoms with E-state index in [9.17, 15) is 13.8 Å². The Morgan fingerprint density at radius 1 is 0.935 bits per heavy atom. The highest BCUT2D eigenvalue weighted by atomic mass is 32.2. The Morgan fingerprint density at radius 3 is 2.16 bits per heavy atom. The van der Waals surface area contributed by atoms with Crippen LogP contribution in [0, 0.1) is 0 Å². The van der Waals surface area contributed by atoms with Gasteiger partial charge in [-0.2, -0.15) is 0 Å². The van der Waals surface area contributed by atoms with Crippen molar-refractivity contribution in [3.8, 4) is 5.75 Å². The molecule has 9 heteroatoms. The van der Waals surface area contributed by atoms with E-state index in [1.54, 1.807) is 65.4 Å². The highest BCUT2D eigenvalue weighted by Crippen LogP contribution is 2.19.